The van der Waals surface area contributed by atoms with Gasteiger partial charge in [0.25, 0.3) is 5.91 Å². The van der Waals surface area contributed by atoms with Gasteiger partial charge in [0.05, 0.1) is 0 Å². The fraction of sp³-hybridized carbons (Fsp3) is 0.350. The van der Waals surface area contributed by atoms with Gasteiger partial charge in [0.2, 0.25) is 0 Å². The van der Waals surface area contributed by atoms with Gasteiger partial charge in [-0.15, -0.1) is 0 Å². The van der Waals surface area contributed by atoms with Crippen molar-refractivity contribution in [3.8, 4) is 0 Å². The summed E-state index contributed by atoms with van der Waals surface area (Å²) in [4.78, 5) is 16.9. The average molecular weight is 326 g/mol. The van der Waals surface area contributed by atoms with Crippen LogP contribution in [0.4, 0.5) is 4.39 Å². The van der Waals surface area contributed by atoms with Crippen LogP contribution in [0, 0.1) is 12.7 Å². The molecule has 0 radical (unpaired) electrons. The summed E-state index contributed by atoms with van der Waals surface area (Å²) in [5.41, 5.74) is 3.21. The fourth-order valence-electron chi connectivity index (χ4n) is 3.14. The number of rotatable bonds is 3. The molecule has 2 aromatic carbocycles. The van der Waals surface area contributed by atoms with Crippen LogP contribution in [-0.4, -0.2) is 41.9 Å². The zero-order valence-electron chi connectivity index (χ0n) is 14.0. The molecule has 0 spiro atoms. The topological polar surface area (TPSA) is 23.6 Å². The SMILES string of the molecule is Cc1ccccc1CN1CCCN(C(=O)c2ccc(F)cc2)CC1. The quantitative estimate of drug-likeness (QED) is 0.862. The molecule has 1 aliphatic rings. The molecule has 1 aliphatic heterocycles. The van der Waals surface area contributed by atoms with Crippen molar-refractivity contribution in [3.63, 3.8) is 0 Å². The van der Waals surface area contributed by atoms with Crippen molar-refractivity contribution < 1.29 is 9.18 Å². The summed E-state index contributed by atoms with van der Waals surface area (Å²) in [5, 5.41) is 0. The van der Waals surface area contributed by atoms with Gasteiger partial charge < -0.3 is 4.90 Å². The third-order valence-corrected chi connectivity index (χ3v) is 4.62. The summed E-state index contributed by atoms with van der Waals surface area (Å²) in [7, 11) is 0. The van der Waals surface area contributed by atoms with E-state index in [1.165, 1.54) is 23.3 Å². The molecule has 0 unspecified atom stereocenters. The highest BCUT2D eigenvalue weighted by Gasteiger charge is 2.20. The lowest BCUT2D eigenvalue weighted by Gasteiger charge is -2.22. The molecule has 1 fully saturated rings. The Morgan fingerprint density at radius 1 is 1.00 bits per heavy atom. The van der Waals surface area contributed by atoms with Crippen LogP contribution in [0.1, 0.15) is 27.9 Å². The Balaban J connectivity index is 1.61. The van der Waals surface area contributed by atoms with E-state index in [1.807, 2.05) is 4.90 Å². The molecule has 0 aromatic heterocycles. The van der Waals surface area contributed by atoms with Crippen LogP contribution in [0.2, 0.25) is 0 Å². The maximum absolute atomic E-state index is 13.0. The average Bonchev–Trinajstić information content (AvgIpc) is 2.83. The molecule has 1 heterocycles. The van der Waals surface area contributed by atoms with Gasteiger partial charge in [-0.3, -0.25) is 9.69 Å². The number of carbonyl (C=O) groups excluding carboxylic acids is 1. The van der Waals surface area contributed by atoms with Crippen LogP contribution < -0.4 is 0 Å². The molecule has 0 bridgehead atoms. The number of amides is 1. The van der Waals surface area contributed by atoms with Crippen LogP contribution in [-0.2, 0) is 6.54 Å². The molecule has 3 nitrogen and oxygen atoms in total. The fourth-order valence-corrected chi connectivity index (χ4v) is 3.14. The summed E-state index contributed by atoms with van der Waals surface area (Å²) in [5.74, 6) is -0.320. The van der Waals surface area contributed by atoms with Gasteiger partial charge in [-0.2, -0.15) is 0 Å². The van der Waals surface area contributed by atoms with Crippen LogP contribution >= 0.6 is 0 Å². The minimum absolute atomic E-state index is 0.00672. The van der Waals surface area contributed by atoms with Gasteiger partial charge >= 0.3 is 0 Å². The first kappa shape index (κ1) is 16.7. The summed E-state index contributed by atoms with van der Waals surface area (Å²) in [6, 6.07) is 14.3. The molecule has 0 N–H and O–H groups in total. The van der Waals surface area contributed by atoms with E-state index in [2.05, 4.69) is 36.1 Å². The molecule has 0 aliphatic carbocycles. The number of benzene rings is 2. The second-order valence-corrected chi connectivity index (χ2v) is 6.36. The Morgan fingerprint density at radius 3 is 2.50 bits per heavy atom. The molecule has 1 saturated heterocycles. The van der Waals surface area contributed by atoms with E-state index in [4.69, 9.17) is 0 Å². The maximum atomic E-state index is 13.0. The van der Waals surface area contributed by atoms with Crippen LogP contribution in [0.25, 0.3) is 0 Å². The van der Waals surface area contributed by atoms with Gasteiger partial charge in [0.1, 0.15) is 5.82 Å². The number of carbonyl (C=O) groups is 1. The third kappa shape index (κ3) is 4.01. The van der Waals surface area contributed by atoms with Gasteiger partial charge in [-0.05, 0) is 48.7 Å². The molecule has 1 amide bonds. The van der Waals surface area contributed by atoms with Crippen molar-refractivity contribution in [1.82, 2.24) is 9.80 Å². The summed E-state index contributed by atoms with van der Waals surface area (Å²) < 4.78 is 13.0. The first-order valence-corrected chi connectivity index (χ1v) is 8.45. The van der Waals surface area contributed by atoms with Gasteiger partial charge in [0.15, 0.2) is 0 Å². The molecule has 0 saturated carbocycles. The zero-order valence-corrected chi connectivity index (χ0v) is 14.0. The highest BCUT2D eigenvalue weighted by molar-refractivity contribution is 5.94. The van der Waals surface area contributed by atoms with Crippen LogP contribution in [0.3, 0.4) is 0 Å². The van der Waals surface area contributed by atoms with E-state index in [9.17, 15) is 9.18 Å². The smallest absolute Gasteiger partial charge is 0.253 e. The summed E-state index contributed by atoms with van der Waals surface area (Å²) >= 11 is 0. The largest absolute Gasteiger partial charge is 0.337 e. The van der Waals surface area contributed by atoms with E-state index in [-0.39, 0.29) is 11.7 Å². The standard InChI is InChI=1S/C20H23FN2O/c1-16-5-2-3-6-18(16)15-22-11-4-12-23(14-13-22)20(24)17-7-9-19(21)10-8-17/h2-3,5-10H,4,11-15H2,1H3. The van der Waals surface area contributed by atoms with Gasteiger partial charge in [0, 0.05) is 38.3 Å². The Hall–Kier alpha value is -2.20. The number of aryl methyl sites for hydroxylation is 1. The van der Waals surface area contributed by atoms with E-state index < -0.39 is 0 Å². The lowest BCUT2D eigenvalue weighted by molar-refractivity contribution is 0.0761. The second kappa shape index (κ2) is 7.58. The maximum Gasteiger partial charge on any atom is 0.253 e. The van der Waals surface area contributed by atoms with E-state index in [0.29, 0.717) is 12.1 Å². The molecule has 4 heteroatoms. The minimum Gasteiger partial charge on any atom is -0.337 e. The summed E-state index contributed by atoms with van der Waals surface area (Å²) in [6.45, 7) is 6.37. The Bertz CT molecular complexity index is 699. The molecular formula is C20H23FN2O. The first-order valence-electron chi connectivity index (χ1n) is 8.45. The van der Waals surface area contributed by atoms with Crippen molar-refractivity contribution in [2.45, 2.75) is 19.9 Å². The van der Waals surface area contributed by atoms with E-state index in [1.54, 1.807) is 12.1 Å². The third-order valence-electron chi connectivity index (χ3n) is 4.62. The van der Waals surface area contributed by atoms with Crippen LogP contribution in [0.15, 0.2) is 48.5 Å². The van der Waals surface area contributed by atoms with Crippen molar-refractivity contribution in [2.75, 3.05) is 26.2 Å². The second-order valence-electron chi connectivity index (χ2n) is 6.36. The predicted octanol–water partition coefficient (Wildman–Crippen LogP) is 3.48. The number of nitrogens with zero attached hydrogens (tertiary/aromatic N) is 2. The molecule has 3 rings (SSSR count). The first-order chi connectivity index (χ1) is 11.6. The molecule has 126 valence electrons. The molecule has 24 heavy (non-hydrogen) atoms. The van der Waals surface area contributed by atoms with Crippen molar-refractivity contribution in [3.05, 3.63) is 71.0 Å². The normalized spacial score (nSPS) is 16.0. The lowest BCUT2D eigenvalue weighted by atomic mass is 10.1. The monoisotopic (exact) mass is 326 g/mol. The van der Waals surface area contributed by atoms with Gasteiger partial charge in [-0.25, -0.2) is 4.39 Å². The number of halogens is 1. The van der Waals surface area contributed by atoms with Crippen molar-refractivity contribution >= 4 is 5.91 Å². The highest BCUT2D eigenvalue weighted by atomic mass is 19.1. The molecule has 2 aromatic rings. The predicted molar refractivity (Wildman–Crippen MR) is 93.4 cm³/mol. The van der Waals surface area contributed by atoms with Crippen LogP contribution in [0.5, 0.6) is 0 Å². The van der Waals surface area contributed by atoms with Crippen molar-refractivity contribution in [2.24, 2.45) is 0 Å². The Morgan fingerprint density at radius 2 is 1.75 bits per heavy atom. The zero-order chi connectivity index (χ0) is 16.9. The molecular weight excluding hydrogens is 303 g/mol. The van der Waals surface area contributed by atoms with Gasteiger partial charge in [-0.1, -0.05) is 24.3 Å². The minimum atomic E-state index is -0.313. The molecule has 0 atom stereocenters. The van der Waals surface area contributed by atoms with E-state index in [0.717, 1.165) is 32.6 Å². The Kier molecular flexibility index (Phi) is 5.26. The number of hydrogen-bond donors (Lipinski definition) is 0. The highest BCUT2D eigenvalue weighted by Crippen LogP contribution is 2.14. The Labute approximate surface area is 142 Å². The lowest BCUT2D eigenvalue weighted by Crippen LogP contribution is -2.35. The van der Waals surface area contributed by atoms with Crippen molar-refractivity contribution in [1.29, 1.82) is 0 Å². The van der Waals surface area contributed by atoms with E-state index >= 15 is 0 Å². The number of hydrogen-bond acceptors (Lipinski definition) is 2. The summed E-state index contributed by atoms with van der Waals surface area (Å²) in [6.07, 6.45) is 0.957.